The molecule has 0 aliphatic carbocycles. The highest BCUT2D eigenvalue weighted by molar-refractivity contribution is 6.35. The molecule has 2 aromatic carbocycles. The normalized spacial score (nSPS) is 11.0. The molecule has 0 radical (unpaired) electrons. The first kappa shape index (κ1) is 14.7. The van der Waals surface area contributed by atoms with Gasteiger partial charge in [-0.2, -0.15) is 5.10 Å². The highest BCUT2D eigenvalue weighted by atomic mass is 35.5. The number of halogens is 1. The molecule has 4 aromatic rings. The van der Waals surface area contributed by atoms with Gasteiger partial charge in [-0.3, -0.25) is 4.79 Å². The van der Waals surface area contributed by atoms with Gasteiger partial charge in [-0.25, -0.2) is 5.10 Å². The van der Waals surface area contributed by atoms with Crippen molar-refractivity contribution < 1.29 is 0 Å². The van der Waals surface area contributed by atoms with Crippen LogP contribution in [0, 0.1) is 0 Å². The van der Waals surface area contributed by atoms with Crippen LogP contribution in [0.2, 0.25) is 5.15 Å². The zero-order valence-electron chi connectivity index (χ0n) is 12.7. The number of H-pyrrole nitrogens is 1. The van der Waals surface area contributed by atoms with Crippen LogP contribution in [0.4, 0.5) is 0 Å². The molecular weight excluding hydrogens is 322 g/mol. The smallest absolute Gasteiger partial charge is 0.274 e. The summed E-state index contributed by atoms with van der Waals surface area (Å²) in [4.78, 5) is 12.4. The lowest BCUT2D eigenvalue weighted by atomic mass is 10.1. The standard InChI is InChI=1S/C19H14ClN3O/c20-18-15-11-21-22-19(24)16(15)17(14-9-5-2-6-10-14)23(18)12-13-7-3-1-4-8-13/h1-11H,12H2,(H,22,24). The van der Waals surface area contributed by atoms with Gasteiger partial charge >= 0.3 is 0 Å². The Bertz CT molecular complexity index is 1050. The van der Waals surface area contributed by atoms with Gasteiger partial charge in [0.2, 0.25) is 0 Å². The molecule has 0 amide bonds. The summed E-state index contributed by atoms with van der Waals surface area (Å²) in [6, 6.07) is 19.8. The Morgan fingerprint density at radius 3 is 2.38 bits per heavy atom. The summed E-state index contributed by atoms with van der Waals surface area (Å²) < 4.78 is 1.97. The topological polar surface area (TPSA) is 50.7 Å². The van der Waals surface area contributed by atoms with Crippen LogP contribution in [0.15, 0.2) is 71.7 Å². The first-order valence-corrected chi connectivity index (χ1v) is 7.98. The van der Waals surface area contributed by atoms with Crippen molar-refractivity contribution in [1.82, 2.24) is 14.8 Å². The van der Waals surface area contributed by atoms with Crippen LogP contribution < -0.4 is 5.56 Å². The first-order valence-electron chi connectivity index (χ1n) is 7.60. The minimum Gasteiger partial charge on any atom is -0.326 e. The van der Waals surface area contributed by atoms with Gasteiger partial charge in [0, 0.05) is 11.9 Å². The SMILES string of the molecule is O=c1[nH]ncc2c(Cl)n(Cc3ccccc3)c(-c3ccccc3)c12. The first-order chi connectivity index (χ1) is 11.8. The number of fused-ring (bicyclic) bond motifs is 1. The zero-order chi connectivity index (χ0) is 16.5. The molecule has 0 saturated carbocycles. The zero-order valence-corrected chi connectivity index (χ0v) is 13.5. The quantitative estimate of drug-likeness (QED) is 0.613. The largest absolute Gasteiger partial charge is 0.326 e. The average molecular weight is 336 g/mol. The van der Waals surface area contributed by atoms with E-state index in [0.29, 0.717) is 22.5 Å². The third-order valence-corrected chi connectivity index (χ3v) is 4.46. The Morgan fingerprint density at radius 1 is 1.00 bits per heavy atom. The molecule has 0 spiro atoms. The molecular formula is C19H14ClN3O. The molecule has 4 rings (SSSR count). The molecule has 0 atom stereocenters. The fourth-order valence-electron chi connectivity index (χ4n) is 2.98. The van der Waals surface area contributed by atoms with Gasteiger partial charge < -0.3 is 4.57 Å². The van der Waals surface area contributed by atoms with Gasteiger partial charge in [0.1, 0.15) is 5.15 Å². The molecule has 2 aromatic heterocycles. The van der Waals surface area contributed by atoms with E-state index < -0.39 is 0 Å². The predicted molar refractivity (Wildman–Crippen MR) is 96.3 cm³/mol. The van der Waals surface area contributed by atoms with Crippen molar-refractivity contribution in [3.05, 3.63) is 87.9 Å². The number of aromatic nitrogens is 3. The van der Waals surface area contributed by atoms with Crippen LogP contribution in [0.25, 0.3) is 22.0 Å². The summed E-state index contributed by atoms with van der Waals surface area (Å²) in [5, 5.41) is 8.15. The number of hydrogen-bond donors (Lipinski definition) is 1. The Hall–Kier alpha value is -2.85. The average Bonchev–Trinajstić information content (AvgIpc) is 2.91. The summed E-state index contributed by atoms with van der Waals surface area (Å²) in [5.74, 6) is 0. The van der Waals surface area contributed by atoms with Gasteiger partial charge in [0.05, 0.1) is 17.3 Å². The fourth-order valence-corrected chi connectivity index (χ4v) is 3.27. The van der Waals surface area contributed by atoms with Gasteiger partial charge in [0.25, 0.3) is 5.56 Å². The molecule has 0 aliphatic heterocycles. The van der Waals surface area contributed by atoms with Gasteiger partial charge in [-0.05, 0) is 11.1 Å². The predicted octanol–water partition coefficient (Wildman–Crippen LogP) is 4.09. The monoisotopic (exact) mass is 335 g/mol. The van der Waals surface area contributed by atoms with Crippen molar-refractivity contribution in [2.24, 2.45) is 0 Å². The molecule has 118 valence electrons. The Balaban J connectivity index is 2.03. The van der Waals surface area contributed by atoms with E-state index in [9.17, 15) is 4.79 Å². The van der Waals surface area contributed by atoms with E-state index in [0.717, 1.165) is 16.8 Å². The van der Waals surface area contributed by atoms with E-state index in [2.05, 4.69) is 10.2 Å². The van der Waals surface area contributed by atoms with E-state index in [1.807, 2.05) is 65.2 Å². The van der Waals surface area contributed by atoms with Crippen molar-refractivity contribution in [2.75, 3.05) is 0 Å². The highest BCUT2D eigenvalue weighted by Crippen LogP contribution is 2.34. The van der Waals surface area contributed by atoms with Crippen LogP contribution >= 0.6 is 11.6 Å². The van der Waals surface area contributed by atoms with E-state index in [1.165, 1.54) is 0 Å². The summed E-state index contributed by atoms with van der Waals surface area (Å²) in [5.41, 5.74) is 2.63. The molecule has 0 unspecified atom stereocenters. The number of benzene rings is 2. The third-order valence-electron chi connectivity index (χ3n) is 4.05. The number of hydrogen-bond acceptors (Lipinski definition) is 2. The lowest BCUT2D eigenvalue weighted by molar-refractivity contribution is 0.818. The fraction of sp³-hybridized carbons (Fsp3) is 0.0526. The van der Waals surface area contributed by atoms with Crippen LogP contribution in [-0.4, -0.2) is 14.8 Å². The van der Waals surface area contributed by atoms with E-state index in [4.69, 9.17) is 11.6 Å². The Labute approximate surface area is 143 Å². The molecule has 4 nitrogen and oxygen atoms in total. The maximum atomic E-state index is 12.4. The molecule has 24 heavy (non-hydrogen) atoms. The minimum absolute atomic E-state index is 0.236. The summed E-state index contributed by atoms with van der Waals surface area (Å²) in [6.07, 6.45) is 1.60. The van der Waals surface area contributed by atoms with Crippen molar-refractivity contribution in [2.45, 2.75) is 6.54 Å². The second kappa shape index (κ2) is 5.98. The van der Waals surface area contributed by atoms with Gasteiger partial charge in [-0.15, -0.1) is 0 Å². The van der Waals surface area contributed by atoms with E-state index in [-0.39, 0.29) is 5.56 Å². The minimum atomic E-state index is -0.236. The Kier molecular flexibility index (Phi) is 3.67. The lowest BCUT2D eigenvalue weighted by Crippen LogP contribution is -2.08. The second-order valence-electron chi connectivity index (χ2n) is 5.56. The molecule has 0 fully saturated rings. The van der Waals surface area contributed by atoms with E-state index >= 15 is 0 Å². The summed E-state index contributed by atoms with van der Waals surface area (Å²) in [6.45, 7) is 0.581. The van der Waals surface area contributed by atoms with Gasteiger partial charge in [0.15, 0.2) is 0 Å². The van der Waals surface area contributed by atoms with Crippen LogP contribution in [0.1, 0.15) is 5.56 Å². The number of aromatic amines is 1. The third kappa shape index (κ3) is 2.41. The molecule has 2 heterocycles. The van der Waals surface area contributed by atoms with Crippen LogP contribution in [0.3, 0.4) is 0 Å². The number of nitrogens with one attached hydrogen (secondary N) is 1. The van der Waals surface area contributed by atoms with Crippen LogP contribution in [0.5, 0.6) is 0 Å². The number of rotatable bonds is 3. The van der Waals surface area contributed by atoms with Crippen molar-refractivity contribution in [3.63, 3.8) is 0 Å². The van der Waals surface area contributed by atoms with Crippen molar-refractivity contribution in [3.8, 4) is 11.3 Å². The maximum Gasteiger partial charge on any atom is 0.274 e. The summed E-state index contributed by atoms with van der Waals surface area (Å²) in [7, 11) is 0. The molecule has 0 aliphatic rings. The second-order valence-corrected chi connectivity index (χ2v) is 5.92. The number of nitrogens with zero attached hydrogens (tertiary/aromatic N) is 2. The van der Waals surface area contributed by atoms with Crippen LogP contribution in [-0.2, 0) is 6.54 Å². The lowest BCUT2D eigenvalue weighted by Gasteiger charge is -2.11. The Morgan fingerprint density at radius 2 is 1.67 bits per heavy atom. The molecule has 0 saturated heterocycles. The van der Waals surface area contributed by atoms with Gasteiger partial charge in [-0.1, -0.05) is 72.3 Å². The van der Waals surface area contributed by atoms with E-state index in [1.54, 1.807) is 6.20 Å². The molecule has 1 N–H and O–H groups in total. The molecule has 0 bridgehead atoms. The molecule has 5 heteroatoms. The summed E-state index contributed by atoms with van der Waals surface area (Å²) >= 11 is 6.60. The van der Waals surface area contributed by atoms with Crippen molar-refractivity contribution in [1.29, 1.82) is 0 Å². The van der Waals surface area contributed by atoms with Crippen molar-refractivity contribution >= 4 is 22.4 Å². The highest BCUT2D eigenvalue weighted by Gasteiger charge is 2.20. The maximum absolute atomic E-state index is 12.4.